The van der Waals surface area contributed by atoms with Gasteiger partial charge in [0.05, 0.1) is 4.90 Å². The largest absolute Gasteiger partial charge is 0.325 e. The van der Waals surface area contributed by atoms with Crippen LogP contribution in [0.3, 0.4) is 0 Å². The molecule has 156 valence electrons. The van der Waals surface area contributed by atoms with Crippen molar-refractivity contribution < 1.29 is 12.8 Å². The normalized spacial score (nSPS) is 17.6. The minimum Gasteiger partial charge on any atom is -0.325 e. The number of halogens is 1. The average Bonchev–Trinajstić information content (AvgIpc) is 2.76. The maximum Gasteiger partial charge on any atom is 0.243 e. The molecule has 0 unspecified atom stereocenters. The molecule has 6 nitrogen and oxygen atoms in total. The third kappa shape index (κ3) is 4.34. The van der Waals surface area contributed by atoms with Gasteiger partial charge in [-0.05, 0) is 61.7 Å². The van der Waals surface area contributed by atoms with Crippen molar-refractivity contribution >= 4 is 21.7 Å². The highest BCUT2D eigenvalue weighted by atomic mass is 32.2. The number of aryl methyl sites for hydroxylation is 1. The van der Waals surface area contributed by atoms with Crippen molar-refractivity contribution in [1.82, 2.24) is 14.3 Å². The average molecular weight is 427 g/mol. The molecule has 3 aromatic rings. The second kappa shape index (κ2) is 8.49. The lowest BCUT2D eigenvalue weighted by Gasteiger charge is -2.31. The number of nitrogens with zero attached hydrogens (tertiary/aromatic N) is 3. The molecule has 0 saturated carbocycles. The quantitative estimate of drug-likeness (QED) is 0.661. The summed E-state index contributed by atoms with van der Waals surface area (Å²) in [6, 6.07) is 15.3. The van der Waals surface area contributed by atoms with Gasteiger partial charge < -0.3 is 5.32 Å². The monoisotopic (exact) mass is 426 g/mol. The van der Waals surface area contributed by atoms with Crippen molar-refractivity contribution in [3.05, 3.63) is 77.9 Å². The van der Waals surface area contributed by atoms with Gasteiger partial charge in [0.15, 0.2) is 0 Å². The molecular weight excluding hydrogens is 403 g/mol. The van der Waals surface area contributed by atoms with Crippen LogP contribution in [-0.2, 0) is 10.0 Å². The van der Waals surface area contributed by atoms with Crippen LogP contribution in [0.4, 0.5) is 16.0 Å². The van der Waals surface area contributed by atoms with E-state index in [0.717, 1.165) is 24.6 Å². The van der Waals surface area contributed by atoms with Gasteiger partial charge in [0.25, 0.3) is 0 Å². The van der Waals surface area contributed by atoms with Crippen LogP contribution < -0.4 is 5.32 Å². The van der Waals surface area contributed by atoms with Crippen LogP contribution in [0.15, 0.2) is 65.7 Å². The standard InChI is InChI=1S/C22H23FN4O2S/c1-16-10-11-18(14-19(16)23)30(28,29)27-13-5-6-17(15-27)20-7-4-9-22(25-20)26-21-8-2-3-12-24-21/h2-4,7-12,14,17H,5-6,13,15H2,1H3,(H,24,25,26)/t17-/m0/s1. The Kier molecular flexibility index (Phi) is 5.78. The summed E-state index contributed by atoms with van der Waals surface area (Å²) in [6.07, 6.45) is 3.26. The summed E-state index contributed by atoms with van der Waals surface area (Å²) in [7, 11) is -3.76. The van der Waals surface area contributed by atoms with Gasteiger partial charge in [-0.2, -0.15) is 4.31 Å². The number of sulfonamides is 1. The molecule has 0 spiro atoms. The van der Waals surface area contributed by atoms with Crippen LogP contribution in [0.1, 0.15) is 30.0 Å². The van der Waals surface area contributed by atoms with Gasteiger partial charge in [-0.3, -0.25) is 0 Å². The van der Waals surface area contributed by atoms with Crippen LogP contribution in [0.2, 0.25) is 0 Å². The number of anilines is 2. The van der Waals surface area contributed by atoms with E-state index in [0.29, 0.717) is 30.3 Å². The second-order valence-electron chi connectivity index (χ2n) is 7.40. The zero-order chi connectivity index (χ0) is 21.1. The number of benzene rings is 1. The molecule has 1 aliphatic rings. The number of rotatable bonds is 5. The predicted octanol–water partition coefficient (Wildman–Crippen LogP) is 4.24. The van der Waals surface area contributed by atoms with Crippen LogP contribution in [0, 0.1) is 12.7 Å². The second-order valence-corrected chi connectivity index (χ2v) is 9.34. The summed E-state index contributed by atoms with van der Waals surface area (Å²) in [5.41, 5.74) is 1.25. The van der Waals surface area contributed by atoms with Crippen LogP contribution in [0.5, 0.6) is 0 Å². The molecule has 0 radical (unpaired) electrons. The van der Waals surface area contributed by atoms with Crippen LogP contribution >= 0.6 is 0 Å². The molecule has 0 amide bonds. The van der Waals surface area contributed by atoms with E-state index in [9.17, 15) is 12.8 Å². The fourth-order valence-corrected chi connectivity index (χ4v) is 5.14. The highest BCUT2D eigenvalue weighted by Gasteiger charge is 2.31. The zero-order valence-corrected chi connectivity index (χ0v) is 17.4. The smallest absolute Gasteiger partial charge is 0.243 e. The van der Waals surface area contributed by atoms with Crippen molar-refractivity contribution in [3.8, 4) is 0 Å². The maximum atomic E-state index is 13.9. The molecule has 1 saturated heterocycles. The molecule has 3 heterocycles. The van der Waals surface area contributed by atoms with Gasteiger partial charge in [0.1, 0.15) is 17.5 Å². The predicted molar refractivity (Wildman–Crippen MR) is 114 cm³/mol. The topological polar surface area (TPSA) is 75.2 Å². The molecule has 8 heteroatoms. The number of piperidine rings is 1. The van der Waals surface area contributed by atoms with Crippen molar-refractivity contribution in [2.45, 2.75) is 30.6 Å². The number of aromatic nitrogens is 2. The van der Waals surface area contributed by atoms with Gasteiger partial charge in [-0.15, -0.1) is 0 Å². The molecule has 1 aromatic carbocycles. The first-order chi connectivity index (χ1) is 14.4. The lowest BCUT2D eigenvalue weighted by molar-refractivity contribution is 0.312. The molecule has 0 bridgehead atoms. The molecule has 1 fully saturated rings. The molecule has 1 N–H and O–H groups in total. The fourth-order valence-electron chi connectivity index (χ4n) is 3.60. The van der Waals surface area contributed by atoms with Gasteiger partial charge in [-0.1, -0.05) is 18.2 Å². The van der Waals surface area contributed by atoms with Crippen molar-refractivity contribution in [3.63, 3.8) is 0 Å². The molecule has 30 heavy (non-hydrogen) atoms. The Hall–Kier alpha value is -2.84. The van der Waals surface area contributed by atoms with Crippen molar-refractivity contribution in [1.29, 1.82) is 0 Å². The Morgan fingerprint density at radius 1 is 1.10 bits per heavy atom. The van der Waals surface area contributed by atoms with E-state index < -0.39 is 15.8 Å². The minimum absolute atomic E-state index is 0.00946. The molecule has 1 aliphatic heterocycles. The Morgan fingerprint density at radius 3 is 2.70 bits per heavy atom. The Bertz CT molecular complexity index is 1140. The van der Waals surface area contributed by atoms with Crippen LogP contribution in [0.25, 0.3) is 0 Å². The van der Waals surface area contributed by atoms with Gasteiger partial charge in [-0.25, -0.2) is 22.8 Å². The molecule has 4 rings (SSSR count). The summed E-state index contributed by atoms with van der Waals surface area (Å²) >= 11 is 0. The van der Waals surface area contributed by atoms with Crippen molar-refractivity contribution in [2.24, 2.45) is 0 Å². The first-order valence-electron chi connectivity index (χ1n) is 9.85. The summed E-state index contributed by atoms with van der Waals surface area (Å²) < 4.78 is 41.5. The first kappa shape index (κ1) is 20.4. The Morgan fingerprint density at radius 2 is 1.93 bits per heavy atom. The first-order valence-corrected chi connectivity index (χ1v) is 11.3. The molecule has 0 aliphatic carbocycles. The number of hydrogen-bond acceptors (Lipinski definition) is 5. The van der Waals surface area contributed by atoms with Gasteiger partial charge in [0.2, 0.25) is 10.0 Å². The Balaban J connectivity index is 1.54. The van der Waals surface area contributed by atoms with Crippen molar-refractivity contribution in [2.75, 3.05) is 18.4 Å². The fraction of sp³-hybridized carbons (Fsp3) is 0.273. The van der Waals surface area contributed by atoms with E-state index in [1.165, 1.54) is 16.4 Å². The van der Waals surface area contributed by atoms with E-state index in [1.807, 2.05) is 36.4 Å². The molecule has 1 atom stereocenters. The van der Waals surface area contributed by atoms with E-state index >= 15 is 0 Å². The van der Waals surface area contributed by atoms with E-state index in [4.69, 9.17) is 0 Å². The molecule has 2 aromatic heterocycles. The number of hydrogen-bond donors (Lipinski definition) is 1. The summed E-state index contributed by atoms with van der Waals surface area (Å²) in [4.78, 5) is 8.90. The van der Waals surface area contributed by atoms with E-state index in [2.05, 4.69) is 15.3 Å². The third-order valence-electron chi connectivity index (χ3n) is 5.28. The number of pyridine rings is 2. The lowest BCUT2D eigenvalue weighted by Crippen LogP contribution is -2.39. The van der Waals surface area contributed by atoms with E-state index in [-0.39, 0.29) is 10.8 Å². The Labute approximate surface area is 175 Å². The third-order valence-corrected chi connectivity index (χ3v) is 7.14. The molecular formula is C22H23FN4O2S. The number of nitrogens with one attached hydrogen (secondary N) is 1. The SMILES string of the molecule is Cc1ccc(S(=O)(=O)N2CCC[C@H](c3cccc(Nc4ccccn4)n3)C2)cc1F. The highest BCUT2D eigenvalue weighted by Crippen LogP contribution is 2.30. The zero-order valence-electron chi connectivity index (χ0n) is 16.6. The maximum absolute atomic E-state index is 13.9. The lowest BCUT2D eigenvalue weighted by atomic mass is 9.95. The minimum atomic E-state index is -3.76. The summed E-state index contributed by atoms with van der Waals surface area (Å²) in [5.74, 6) is 0.803. The summed E-state index contributed by atoms with van der Waals surface area (Å²) in [6.45, 7) is 2.35. The van der Waals surface area contributed by atoms with E-state index in [1.54, 1.807) is 13.1 Å². The van der Waals surface area contributed by atoms with Gasteiger partial charge in [0, 0.05) is 30.9 Å². The van der Waals surface area contributed by atoms with Crippen LogP contribution in [-0.4, -0.2) is 35.8 Å². The van der Waals surface area contributed by atoms with Gasteiger partial charge >= 0.3 is 0 Å². The summed E-state index contributed by atoms with van der Waals surface area (Å²) in [5, 5.41) is 3.17. The highest BCUT2D eigenvalue weighted by molar-refractivity contribution is 7.89.